The molecule has 0 aliphatic heterocycles. The highest BCUT2D eigenvalue weighted by molar-refractivity contribution is 5.78. The third kappa shape index (κ3) is 7.80. The summed E-state index contributed by atoms with van der Waals surface area (Å²) in [7, 11) is 0. The van der Waals surface area contributed by atoms with Crippen LogP contribution < -0.4 is 21.5 Å². The summed E-state index contributed by atoms with van der Waals surface area (Å²) < 4.78 is 0. The number of unbranched alkanes of at least 4 members (excludes halogenated alkanes) is 5. The maximum atomic E-state index is 11.9. The van der Waals surface area contributed by atoms with E-state index in [2.05, 4.69) is 34.7 Å². The summed E-state index contributed by atoms with van der Waals surface area (Å²) in [6.45, 7) is 5.25. The Kier molecular flexibility index (Phi) is 10.1. The van der Waals surface area contributed by atoms with Crippen molar-refractivity contribution in [2.45, 2.75) is 52.1 Å². The Morgan fingerprint density at radius 1 is 0.848 bits per heavy atom. The van der Waals surface area contributed by atoms with Crippen molar-refractivity contribution in [1.29, 1.82) is 0 Å². The van der Waals surface area contributed by atoms with Gasteiger partial charge in [-0.15, -0.1) is 0 Å². The largest absolute Gasteiger partial charge is 0.380 e. The van der Waals surface area contributed by atoms with Gasteiger partial charge in [-0.1, -0.05) is 62.9 Å². The van der Waals surface area contributed by atoms with E-state index in [4.69, 9.17) is 4.84 Å². The van der Waals surface area contributed by atoms with E-state index in [0.717, 1.165) is 44.5 Å². The monoisotopic (exact) mass is 450 g/mol. The van der Waals surface area contributed by atoms with Crippen LogP contribution in [0.1, 0.15) is 51.0 Å². The first-order valence-electron chi connectivity index (χ1n) is 11.8. The summed E-state index contributed by atoms with van der Waals surface area (Å²) in [6, 6.07) is 13.8. The maximum Gasteiger partial charge on any atom is 0.253 e. The van der Waals surface area contributed by atoms with Crippen molar-refractivity contribution >= 4 is 17.1 Å². The number of aromatic nitrogens is 1. The van der Waals surface area contributed by atoms with Crippen LogP contribution >= 0.6 is 0 Å². The normalized spacial score (nSPS) is 11.2. The van der Waals surface area contributed by atoms with E-state index in [0.29, 0.717) is 24.5 Å². The minimum absolute atomic E-state index is 0.348. The summed E-state index contributed by atoms with van der Waals surface area (Å²) in [4.78, 5) is 33.6. The molecule has 3 rings (SSSR count). The minimum Gasteiger partial charge on any atom is -0.380 e. The average molecular weight is 451 g/mol. The predicted molar refractivity (Wildman–Crippen MR) is 134 cm³/mol. The fourth-order valence-electron chi connectivity index (χ4n) is 3.65. The lowest BCUT2D eigenvalue weighted by Crippen LogP contribution is -2.36. The number of benzene rings is 1. The Morgan fingerprint density at radius 2 is 1.52 bits per heavy atom. The standard InChI is InChI=1S/C26H34N4O3/c1-2-30(33-20-21-12-8-7-9-13-21)19-11-6-4-3-5-10-16-28-23-24(26(32)25(23)31)29-22-14-17-27-18-15-22/h7-9,12-15,17-18,28H,2-6,10-11,16,19-20H2,1H3,(H,27,29). The number of nitrogens with one attached hydrogen (secondary N) is 2. The van der Waals surface area contributed by atoms with Gasteiger partial charge in [0.05, 0.1) is 6.61 Å². The molecule has 7 nitrogen and oxygen atoms in total. The third-order valence-electron chi connectivity index (χ3n) is 5.61. The van der Waals surface area contributed by atoms with E-state index in [9.17, 15) is 9.59 Å². The van der Waals surface area contributed by atoms with Crippen molar-refractivity contribution in [3.63, 3.8) is 0 Å². The van der Waals surface area contributed by atoms with Gasteiger partial charge in [0, 0.05) is 37.7 Å². The summed E-state index contributed by atoms with van der Waals surface area (Å²) in [6.07, 6.45) is 9.98. The molecule has 0 spiro atoms. The van der Waals surface area contributed by atoms with E-state index in [-0.39, 0.29) is 0 Å². The smallest absolute Gasteiger partial charge is 0.253 e. The predicted octanol–water partition coefficient (Wildman–Crippen LogP) is 4.63. The number of hydroxylamine groups is 2. The second-order valence-corrected chi connectivity index (χ2v) is 8.10. The summed E-state index contributed by atoms with van der Waals surface area (Å²) >= 11 is 0. The number of rotatable bonds is 16. The SMILES string of the molecule is CCN(CCCCCCCCNc1c(Nc2ccncc2)c(=O)c1=O)OCc1ccccc1. The number of hydrogen-bond acceptors (Lipinski definition) is 7. The maximum absolute atomic E-state index is 11.9. The molecule has 176 valence electrons. The molecule has 0 aliphatic carbocycles. The van der Waals surface area contributed by atoms with Crippen LogP contribution in [0.15, 0.2) is 64.4 Å². The molecule has 0 aliphatic rings. The quantitative estimate of drug-likeness (QED) is 0.187. The molecule has 2 N–H and O–H groups in total. The number of hydrogen-bond donors (Lipinski definition) is 2. The number of nitrogens with zero attached hydrogens (tertiary/aromatic N) is 2. The zero-order valence-electron chi connectivity index (χ0n) is 19.4. The minimum atomic E-state index is -0.469. The molecular weight excluding hydrogens is 416 g/mol. The van der Waals surface area contributed by atoms with E-state index < -0.39 is 10.9 Å². The van der Waals surface area contributed by atoms with E-state index >= 15 is 0 Å². The van der Waals surface area contributed by atoms with E-state index in [1.165, 1.54) is 18.4 Å². The molecule has 33 heavy (non-hydrogen) atoms. The van der Waals surface area contributed by atoms with Gasteiger partial charge in [0.25, 0.3) is 10.9 Å². The molecule has 0 saturated carbocycles. The molecule has 1 heterocycles. The Balaban J connectivity index is 1.24. The van der Waals surface area contributed by atoms with Crippen molar-refractivity contribution in [3.8, 4) is 0 Å². The molecule has 0 fully saturated rings. The first kappa shape index (κ1) is 24.6. The molecule has 0 unspecified atom stereocenters. The first-order valence-corrected chi connectivity index (χ1v) is 11.8. The third-order valence-corrected chi connectivity index (χ3v) is 5.61. The van der Waals surface area contributed by atoms with Crippen LogP contribution in [-0.2, 0) is 11.4 Å². The molecular formula is C26H34N4O3. The number of anilines is 3. The topological polar surface area (TPSA) is 83.6 Å². The molecule has 0 radical (unpaired) electrons. The van der Waals surface area contributed by atoms with Gasteiger partial charge in [-0.3, -0.25) is 19.4 Å². The lowest BCUT2D eigenvalue weighted by atomic mass is 10.1. The number of pyridine rings is 1. The molecule has 1 aromatic heterocycles. The van der Waals surface area contributed by atoms with Crippen LogP contribution in [0, 0.1) is 0 Å². The zero-order valence-corrected chi connectivity index (χ0v) is 19.4. The van der Waals surface area contributed by atoms with Crippen LogP contribution in [0.25, 0.3) is 0 Å². The summed E-state index contributed by atoms with van der Waals surface area (Å²) in [5, 5.41) is 8.18. The van der Waals surface area contributed by atoms with Crippen molar-refractivity contribution in [2.75, 3.05) is 30.3 Å². The Labute approximate surface area is 195 Å². The fourth-order valence-corrected chi connectivity index (χ4v) is 3.65. The van der Waals surface area contributed by atoms with Crippen molar-refractivity contribution in [1.82, 2.24) is 10.0 Å². The van der Waals surface area contributed by atoms with Crippen LogP contribution in [0.5, 0.6) is 0 Å². The van der Waals surface area contributed by atoms with Gasteiger partial charge in [-0.2, -0.15) is 5.06 Å². The molecule has 2 aromatic carbocycles. The van der Waals surface area contributed by atoms with Gasteiger partial charge in [0.15, 0.2) is 0 Å². The Morgan fingerprint density at radius 3 is 2.24 bits per heavy atom. The highest BCUT2D eigenvalue weighted by atomic mass is 16.7. The van der Waals surface area contributed by atoms with Crippen LogP contribution in [0.2, 0.25) is 0 Å². The molecule has 3 aromatic rings. The summed E-state index contributed by atoms with van der Waals surface area (Å²) in [5.41, 5.74) is 1.76. The van der Waals surface area contributed by atoms with Gasteiger partial charge in [-0.25, -0.2) is 0 Å². The highest BCUT2D eigenvalue weighted by Crippen LogP contribution is 2.20. The van der Waals surface area contributed by atoms with Gasteiger partial charge in [-0.05, 0) is 30.5 Å². The second-order valence-electron chi connectivity index (χ2n) is 8.10. The van der Waals surface area contributed by atoms with Gasteiger partial charge in [0.2, 0.25) is 0 Å². The van der Waals surface area contributed by atoms with Gasteiger partial charge in [0.1, 0.15) is 11.4 Å². The zero-order chi connectivity index (χ0) is 23.3. The second kappa shape index (κ2) is 13.5. The fraction of sp³-hybridized carbons (Fsp3) is 0.423. The van der Waals surface area contributed by atoms with Gasteiger partial charge < -0.3 is 10.6 Å². The van der Waals surface area contributed by atoms with Crippen molar-refractivity contribution in [3.05, 3.63) is 80.9 Å². The lowest BCUT2D eigenvalue weighted by molar-refractivity contribution is -0.167. The van der Waals surface area contributed by atoms with Crippen molar-refractivity contribution in [2.24, 2.45) is 0 Å². The summed E-state index contributed by atoms with van der Waals surface area (Å²) in [5.74, 6) is 0. The molecule has 7 heteroatoms. The molecule has 0 amide bonds. The van der Waals surface area contributed by atoms with Crippen LogP contribution in [-0.4, -0.2) is 29.7 Å². The lowest BCUT2D eigenvalue weighted by Gasteiger charge is -2.20. The van der Waals surface area contributed by atoms with E-state index in [1.807, 2.05) is 23.3 Å². The van der Waals surface area contributed by atoms with Crippen LogP contribution in [0.3, 0.4) is 0 Å². The molecule has 0 atom stereocenters. The molecule has 0 bridgehead atoms. The Bertz CT molecular complexity index is 1020. The highest BCUT2D eigenvalue weighted by Gasteiger charge is 2.20. The van der Waals surface area contributed by atoms with Gasteiger partial charge >= 0.3 is 0 Å². The molecule has 0 saturated heterocycles. The Hall–Kier alpha value is -3.03. The first-order chi connectivity index (χ1) is 16.2. The van der Waals surface area contributed by atoms with Crippen molar-refractivity contribution < 1.29 is 4.84 Å². The van der Waals surface area contributed by atoms with Crippen LogP contribution in [0.4, 0.5) is 17.1 Å². The average Bonchev–Trinajstić information content (AvgIpc) is 2.87. The van der Waals surface area contributed by atoms with E-state index in [1.54, 1.807) is 24.5 Å².